The Bertz CT molecular complexity index is 1320. The van der Waals surface area contributed by atoms with E-state index in [1.807, 2.05) is 23.8 Å². The first kappa shape index (κ1) is 30.6. The summed E-state index contributed by atoms with van der Waals surface area (Å²) in [6.07, 6.45) is 5.20. The molecule has 1 amide bonds. The van der Waals surface area contributed by atoms with Gasteiger partial charge >= 0.3 is 0 Å². The van der Waals surface area contributed by atoms with Crippen molar-refractivity contribution >= 4 is 17.3 Å². The van der Waals surface area contributed by atoms with Crippen LogP contribution < -0.4 is 5.73 Å². The summed E-state index contributed by atoms with van der Waals surface area (Å²) in [6.45, 7) is 19.3. The number of hydrogen-bond acceptors (Lipinski definition) is 5. The number of carbonyl (C=O) groups is 1. The van der Waals surface area contributed by atoms with Gasteiger partial charge in [0.05, 0.1) is 23.1 Å². The van der Waals surface area contributed by atoms with Gasteiger partial charge in [-0.05, 0) is 70.6 Å². The highest BCUT2D eigenvalue weighted by Gasteiger charge is 2.30. The predicted octanol–water partition coefficient (Wildman–Crippen LogP) is 5.81. The second kappa shape index (κ2) is 13.1. The van der Waals surface area contributed by atoms with Crippen LogP contribution in [-0.2, 0) is 11.2 Å². The van der Waals surface area contributed by atoms with Crippen LogP contribution in [0.4, 0.5) is 4.39 Å². The van der Waals surface area contributed by atoms with Gasteiger partial charge in [-0.2, -0.15) is 5.10 Å². The molecule has 2 aromatic rings. The van der Waals surface area contributed by atoms with Gasteiger partial charge in [-0.1, -0.05) is 37.8 Å². The molecule has 0 saturated carbocycles. The Morgan fingerprint density at radius 1 is 1.20 bits per heavy atom. The molecule has 0 bridgehead atoms. The molecule has 41 heavy (non-hydrogen) atoms. The minimum Gasteiger partial charge on any atom is -0.366 e. The second-order valence-electron chi connectivity index (χ2n) is 11.8. The molecule has 0 radical (unpaired) electrons. The number of allylic oxidation sites excluding steroid dienone is 2. The number of carbonyl (C=O) groups excluding carboxylic acids is 1. The van der Waals surface area contributed by atoms with E-state index in [4.69, 9.17) is 10.8 Å². The Morgan fingerprint density at radius 2 is 1.93 bits per heavy atom. The summed E-state index contributed by atoms with van der Waals surface area (Å²) in [5.74, 6) is -0.195. The highest BCUT2D eigenvalue weighted by Crippen LogP contribution is 2.38. The maximum Gasteiger partial charge on any atom is 0.222 e. The van der Waals surface area contributed by atoms with Crippen LogP contribution in [-0.4, -0.2) is 69.7 Å². The van der Waals surface area contributed by atoms with Crippen molar-refractivity contribution in [1.82, 2.24) is 24.5 Å². The highest BCUT2D eigenvalue weighted by molar-refractivity contribution is 5.76. The van der Waals surface area contributed by atoms with Gasteiger partial charge in [0.15, 0.2) is 5.83 Å². The maximum absolute atomic E-state index is 15.4. The van der Waals surface area contributed by atoms with E-state index in [-0.39, 0.29) is 23.8 Å². The fourth-order valence-electron chi connectivity index (χ4n) is 5.96. The van der Waals surface area contributed by atoms with Crippen LogP contribution in [0.5, 0.6) is 0 Å². The fraction of sp³-hybridized carbons (Fsp3) is 0.515. The minimum absolute atomic E-state index is 0.0364. The lowest BCUT2D eigenvalue weighted by Gasteiger charge is -2.39. The Morgan fingerprint density at radius 3 is 2.61 bits per heavy atom. The molecule has 0 aliphatic carbocycles. The fourth-order valence-corrected chi connectivity index (χ4v) is 5.96. The molecule has 2 saturated heterocycles. The van der Waals surface area contributed by atoms with Crippen LogP contribution in [0, 0.1) is 13.8 Å². The molecule has 1 unspecified atom stereocenters. The summed E-state index contributed by atoms with van der Waals surface area (Å²) in [4.78, 5) is 18.7. The van der Waals surface area contributed by atoms with Crippen molar-refractivity contribution in [2.45, 2.75) is 78.3 Å². The third-order valence-electron chi connectivity index (χ3n) is 8.45. The molecule has 3 heterocycles. The van der Waals surface area contributed by atoms with Gasteiger partial charge in [0.2, 0.25) is 5.91 Å². The molecule has 0 spiro atoms. The first-order valence-electron chi connectivity index (χ1n) is 14.9. The van der Waals surface area contributed by atoms with E-state index in [1.54, 1.807) is 11.6 Å². The van der Waals surface area contributed by atoms with Crippen molar-refractivity contribution in [3.63, 3.8) is 0 Å². The Kier molecular flexibility index (Phi) is 9.74. The molecule has 2 aliphatic heterocycles. The Labute approximate surface area is 245 Å². The first-order chi connectivity index (χ1) is 19.5. The highest BCUT2D eigenvalue weighted by atomic mass is 19.1. The van der Waals surface area contributed by atoms with Crippen LogP contribution >= 0.6 is 0 Å². The SMILES string of the molecule is C=C(/C(F)=C(/C)n1nc(C2CCCCN2C(=C)c2cc(C)ccc2CCC(=O)N(C)CCC)cc1C)N1CC(N)C1. The third-order valence-corrected chi connectivity index (χ3v) is 8.45. The molecule has 7 nitrogen and oxygen atoms in total. The molecular weight excluding hydrogens is 515 g/mol. The van der Waals surface area contributed by atoms with Gasteiger partial charge < -0.3 is 20.4 Å². The first-order valence-corrected chi connectivity index (χ1v) is 14.9. The van der Waals surface area contributed by atoms with E-state index in [9.17, 15) is 4.79 Å². The summed E-state index contributed by atoms with van der Waals surface area (Å²) in [5.41, 5.74) is 12.8. The van der Waals surface area contributed by atoms with Crippen LogP contribution in [0.2, 0.25) is 0 Å². The van der Waals surface area contributed by atoms with Gasteiger partial charge in [-0.15, -0.1) is 0 Å². The summed E-state index contributed by atoms with van der Waals surface area (Å²) in [5, 5.41) is 4.92. The monoisotopic (exact) mass is 562 g/mol. The van der Waals surface area contributed by atoms with Gasteiger partial charge in [-0.25, -0.2) is 9.07 Å². The van der Waals surface area contributed by atoms with E-state index in [0.29, 0.717) is 37.3 Å². The molecule has 4 rings (SSSR count). The largest absolute Gasteiger partial charge is 0.366 e. The van der Waals surface area contributed by atoms with Crippen molar-refractivity contribution in [2.24, 2.45) is 5.73 Å². The van der Waals surface area contributed by atoms with Crippen molar-refractivity contribution in [3.05, 3.63) is 77.0 Å². The number of nitrogens with two attached hydrogens (primary N) is 1. The molecule has 1 aromatic carbocycles. The molecule has 2 aliphatic rings. The van der Waals surface area contributed by atoms with E-state index < -0.39 is 0 Å². The number of likely N-dealkylation sites (tertiary alicyclic amines) is 2. The van der Waals surface area contributed by atoms with Crippen LogP contribution in [0.1, 0.15) is 80.1 Å². The Hall–Kier alpha value is -3.39. The number of nitrogens with zero attached hydrogens (tertiary/aromatic N) is 5. The zero-order chi connectivity index (χ0) is 29.8. The normalized spacial score (nSPS) is 18.2. The smallest absolute Gasteiger partial charge is 0.222 e. The molecule has 1 atom stereocenters. The van der Waals surface area contributed by atoms with Gasteiger partial charge in [0.1, 0.15) is 0 Å². The third kappa shape index (κ3) is 6.75. The zero-order valence-electron chi connectivity index (χ0n) is 25.5. The molecular formula is C33H47FN6O. The van der Waals surface area contributed by atoms with Crippen LogP contribution in [0.3, 0.4) is 0 Å². The number of hydrogen-bond donors (Lipinski definition) is 1. The number of amides is 1. The minimum atomic E-state index is -0.358. The number of aryl methyl sites for hydroxylation is 3. The number of piperidine rings is 1. The molecule has 8 heteroatoms. The maximum atomic E-state index is 15.4. The van der Waals surface area contributed by atoms with Crippen molar-refractivity contribution in [1.29, 1.82) is 0 Å². The lowest BCUT2D eigenvalue weighted by Crippen LogP contribution is -2.54. The molecule has 2 N–H and O–H groups in total. The average molecular weight is 563 g/mol. The zero-order valence-corrected chi connectivity index (χ0v) is 25.5. The van der Waals surface area contributed by atoms with E-state index >= 15 is 4.39 Å². The molecule has 1 aromatic heterocycles. The summed E-state index contributed by atoms with van der Waals surface area (Å²) < 4.78 is 17.1. The van der Waals surface area contributed by atoms with Gasteiger partial charge in [0, 0.05) is 62.6 Å². The van der Waals surface area contributed by atoms with Crippen molar-refractivity contribution in [2.75, 3.05) is 33.2 Å². The van der Waals surface area contributed by atoms with Crippen LogP contribution in [0.25, 0.3) is 11.4 Å². The number of rotatable bonds is 11. The molecule has 2 fully saturated rings. The summed E-state index contributed by atoms with van der Waals surface area (Å²) in [6, 6.07) is 8.60. The van der Waals surface area contributed by atoms with Crippen LogP contribution in [0.15, 0.2) is 48.9 Å². The van der Waals surface area contributed by atoms with E-state index in [1.165, 1.54) is 0 Å². The van der Waals surface area contributed by atoms with Crippen molar-refractivity contribution in [3.8, 4) is 0 Å². The Balaban J connectivity index is 1.58. The quantitative estimate of drug-likeness (QED) is 0.350. The van der Waals surface area contributed by atoms with Gasteiger partial charge in [0.25, 0.3) is 0 Å². The lowest BCUT2D eigenvalue weighted by molar-refractivity contribution is -0.129. The lowest BCUT2D eigenvalue weighted by atomic mass is 9.93. The summed E-state index contributed by atoms with van der Waals surface area (Å²) in [7, 11) is 1.87. The topological polar surface area (TPSA) is 70.6 Å². The van der Waals surface area contributed by atoms with Gasteiger partial charge in [-0.3, -0.25) is 4.79 Å². The average Bonchev–Trinajstić information content (AvgIpc) is 3.34. The van der Waals surface area contributed by atoms with E-state index in [0.717, 1.165) is 72.5 Å². The number of benzene rings is 1. The summed E-state index contributed by atoms with van der Waals surface area (Å²) >= 11 is 0. The van der Waals surface area contributed by atoms with E-state index in [2.05, 4.69) is 56.2 Å². The second-order valence-corrected chi connectivity index (χ2v) is 11.8. The standard InChI is InChI=1S/C33H47FN6O/c1-8-16-37(7)32(41)15-14-27-13-12-22(2)18-29(27)24(4)39-17-10-9-11-31(39)30-19-23(3)40(36-30)26(6)33(34)25(5)38-20-28(35)21-38/h12-13,18-19,28,31H,4-5,8-11,14-17,20-21,35H2,1-3,6-7H3/b33-26+. The predicted molar refractivity (Wildman–Crippen MR) is 165 cm³/mol. The number of aromatic nitrogens is 2. The molecule has 222 valence electrons. The number of halogens is 1. The van der Waals surface area contributed by atoms with Crippen molar-refractivity contribution < 1.29 is 9.18 Å².